The highest BCUT2D eigenvalue weighted by Gasteiger charge is 2.50. The van der Waals surface area contributed by atoms with Crippen molar-refractivity contribution >= 4 is 37.8 Å². The average Bonchev–Trinajstić information content (AvgIpc) is 2.93. The fourth-order valence-electron chi connectivity index (χ4n) is 3.07. The molecule has 0 atom stereocenters. The van der Waals surface area contributed by atoms with Gasteiger partial charge in [0.2, 0.25) is 0 Å². The summed E-state index contributed by atoms with van der Waals surface area (Å²) in [7, 11) is -5.40. The van der Waals surface area contributed by atoms with Gasteiger partial charge >= 0.3 is 15.5 Å². The third kappa shape index (κ3) is 2.26. The van der Waals surface area contributed by atoms with Crippen molar-refractivity contribution in [3.63, 3.8) is 0 Å². The average molecular weight is 371 g/mol. The van der Waals surface area contributed by atoms with Crippen LogP contribution in [-0.4, -0.2) is 39.3 Å². The van der Waals surface area contributed by atoms with Gasteiger partial charge in [0.15, 0.2) is 5.82 Å². The van der Waals surface area contributed by atoms with Gasteiger partial charge in [0, 0.05) is 18.5 Å². The molecule has 0 fully saturated rings. The molecule has 1 aliphatic heterocycles. The predicted octanol–water partition coefficient (Wildman–Crippen LogP) is 1.83. The van der Waals surface area contributed by atoms with Gasteiger partial charge < -0.3 is 10.3 Å². The van der Waals surface area contributed by atoms with Gasteiger partial charge in [-0.15, -0.1) is 0 Å². The maximum Gasteiger partial charge on any atom is 0.511 e. The zero-order valence-electron chi connectivity index (χ0n) is 12.7. The monoisotopic (exact) mass is 371 g/mol. The van der Waals surface area contributed by atoms with Gasteiger partial charge in [-0.25, -0.2) is 18.4 Å². The topological polar surface area (TPSA) is 94.1 Å². The first kappa shape index (κ1) is 16.1. The largest absolute Gasteiger partial charge is 0.511 e. The Bertz CT molecular complexity index is 1110. The first-order valence-corrected chi connectivity index (χ1v) is 8.74. The highest BCUT2D eigenvalue weighted by Crippen LogP contribution is 2.33. The summed E-state index contributed by atoms with van der Waals surface area (Å²) in [6, 6.07) is 7.20. The minimum absolute atomic E-state index is 0.0502. The van der Waals surface area contributed by atoms with E-state index >= 15 is 0 Å². The smallest absolute Gasteiger partial charge is 0.382 e. The van der Waals surface area contributed by atoms with Crippen LogP contribution in [0.1, 0.15) is 5.82 Å². The lowest BCUT2D eigenvalue weighted by atomic mass is 10.2. The number of imidazole rings is 1. The Morgan fingerprint density at radius 3 is 2.56 bits per heavy atom. The number of hydrogen-bond acceptors (Lipinski definition) is 5. The zero-order valence-corrected chi connectivity index (χ0v) is 13.5. The van der Waals surface area contributed by atoms with Gasteiger partial charge in [-0.3, -0.25) is 0 Å². The Morgan fingerprint density at radius 1 is 1.12 bits per heavy atom. The SMILES string of the molecule is Nc1nc2ccccc2c2c1nc1n2CCN(S(=O)(=O)C(F)(F)F)C1. The van der Waals surface area contributed by atoms with Crippen molar-refractivity contribution in [2.45, 2.75) is 18.6 Å². The summed E-state index contributed by atoms with van der Waals surface area (Å²) in [6.07, 6.45) is 0. The molecule has 2 aromatic heterocycles. The highest BCUT2D eigenvalue weighted by molar-refractivity contribution is 7.89. The van der Waals surface area contributed by atoms with Crippen LogP contribution < -0.4 is 5.73 Å². The normalized spacial score (nSPS) is 16.4. The van der Waals surface area contributed by atoms with E-state index in [0.717, 1.165) is 5.39 Å². The van der Waals surface area contributed by atoms with Crippen LogP contribution in [-0.2, 0) is 23.1 Å². The van der Waals surface area contributed by atoms with Gasteiger partial charge in [0.1, 0.15) is 11.3 Å². The van der Waals surface area contributed by atoms with E-state index in [2.05, 4.69) is 9.97 Å². The fourth-order valence-corrected chi connectivity index (χ4v) is 3.97. The molecular formula is C14H12F3N5O2S. The lowest BCUT2D eigenvalue weighted by molar-refractivity contribution is -0.0495. The van der Waals surface area contributed by atoms with Crippen LogP contribution in [0.4, 0.5) is 19.0 Å². The molecule has 11 heteroatoms. The van der Waals surface area contributed by atoms with E-state index in [0.29, 0.717) is 20.9 Å². The fraction of sp³-hybridized carbons (Fsp3) is 0.286. The molecule has 2 N–H and O–H groups in total. The van der Waals surface area contributed by atoms with Crippen LogP contribution in [0.15, 0.2) is 24.3 Å². The quantitative estimate of drug-likeness (QED) is 0.704. The van der Waals surface area contributed by atoms with E-state index in [4.69, 9.17) is 5.73 Å². The summed E-state index contributed by atoms with van der Waals surface area (Å²) in [5.41, 5.74) is 2.24. The lowest BCUT2D eigenvalue weighted by Crippen LogP contribution is -2.44. The molecule has 0 aliphatic carbocycles. The molecule has 1 aromatic carbocycles. The molecule has 0 saturated carbocycles. The number of halogens is 3. The van der Waals surface area contributed by atoms with Crippen LogP contribution in [0.5, 0.6) is 0 Å². The molecule has 3 aromatic rings. The number of anilines is 1. The van der Waals surface area contributed by atoms with Gasteiger partial charge in [0.25, 0.3) is 0 Å². The summed E-state index contributed by atoms with van der Waals surface area (Å²) >= 11 is 0. The number of pyridine rings is 1. The number of nitrogen functional groups attached to an aromatic ring is 1. The lowest BCUT2D eigenvalue weighted by Gasteiger charge is -2.27. The van der Waals surface area contributed by atoms with Gasteiger partial charge in [-0.2, -0.15) is 17.5 Å². The van der Waals surface area contributed by atoms with Gasteiger partial charge in [-0.05, 0) is 6.07 Å². The van der Waals surface area contributed by atoms with Crippen molar-refractivity contribution in [3.05, 3.63) is 30.1 Å². The molecule has 0 unspecified atom stereocenters. The number of fused-ring (bicyclic) bond motifs is 5. The molecule has 1 aliphatic rings. The minimum atomic E-state index is -5.40. The highest BCUT2D eigenvalue weighted by atomic mass is 32.2. The van der Waals surface area contributed by atoms with Crippen LogP contribution >= 0.6 is 0 Å². The molecule has 132 valence electrons. The van der Waals surface area contributed by atoms with Crippen LogP contribution in [0, 0.1) is 0 Å². The van der Waals surface area contributed by atoms with Crippen molar-refractivity contribution in [1.29, 1.82) is 0 Å². The number of nitrogens with two attached hydrogens (primary N) is 1. The number of benzene rings is 1. The predicted molar refractivity (Wildman–Crippen MR) is 84.8 cm³/mol. The van der Waals surface area contributed by atoms with Gasteiger partial charge in [-0.1, -0.05) is 18.2 Å². The van der Waals surface area contributed by atoms with E-state index in [1.807, 2.05) is 12.1 Å². The zero-order chi connectivity index (χ0) is 18.0. The maximum absolute atomic E-state index is 12.8. The number of aromatic nitrogens is 3. The van der Waals surface area contributed by atoms with Crippen molar-refractivity contribution in [2.24, 2.45) is 0 Å². The second-order valence-electron chi connectivity index (χ2n) is 5.68. The van der Waals surface area contributed by atoms with Crippen molar-refractivity contribution < 1.29 is 21.6 Å². The minimum Gasteiger partial charge on any atom is -0.382 e. The summed E-state index contributed by atoms with van der Waals surface area (Å²) in [5, 5.41) is 0.762. The second kappa shape index (κ2) is 5.05. The van der Waals surface area contributed by atoms with E-state index in [-0.39, 0.29) is 24.7 Å². The van der Waals surface area contributed by atoms with Crippen molar-refractivity contribution in [1.82, 2.24) is 18.8 Å². The number of rotatable bonds is 1. The maximum atomic E-state index is 12.8. The number of sulfonamides is 1. The Balaban J connectivity index is 1.90. The van der Waals surface area contributed by atoms with E-state index in [9.17, 15) is 21.6 Å². The molecule has 7 nitrogen and oxygen atoms in total. The molecule has 0 radical (unpaired) electrons. The first-order chi connectivity index (χ1) is 11.7. The first-order valence-electron chi connectivity index (χ1n) is 7.30. The van der Waals surface area contributed by atoms with E-state index in [1.165, 1.54) is 0 Å². The van der Waals surface area contributed by atoms with Crippen LogP contribution in [0.3, 0.4) is 0 Å². The molecule has 4 rings (SSSR count). The molecular weight excluding hydrogens is 359 g/mol. The molecule has 0 bridgehead atoms. The molecule has 0 amide bonds. The van der Waals surface area contributed by atoms with Gasteiger partial charge in [0.05, 0.1) is 17.6 Å². The molecule has 0 spiro atoms. The molecule has 3 heterocycles. The summed E-state index contributed by atoms with van der Waals surface area (Å²) in [5.74, 6) is 0.361. The Morgan fingerprint density at radius 2 is 1.84 bits per heavy atom. The Kier molecular flexibility index (Phi) is 3.25. The summed E-state index contributed by atoms with van der Waals surface area (Å²) in [6.45, 7) is -0.713. The summed E-state index contributed by atoms with van der Waals surface area (Å²) < 4.78 is 63.7. The van der Waals surface area contributed by atoms with Crippen LogP contribution in [0.2, 0.25) is 0 Å². The third-order valence-electron chi connectivity index (χ3n) is 4.21. The number of para-hydroxylation sites is 1. The Hall–Kier alpha value is -2.40. The number of nitrogens with zero attached hydrogens (tertiary/aromatic N) is 4. The third-order valence-corrected chi connectivity index (χ3v) is 5.79. The number of alkyl halides is 3. The molecule has 0 saturated heterocycles. The van der Waals surface area contributed by atoms with E-state index < -0.39 is 22.1 Å². The second-order valence-corrected chi connectivity index (χ2v) is 7.60. The van der Waals surface area contributed by atoms with Crippen molar-refractivity contribution in [2.75, 3.05) is 12.3 Å². The summed E-state index contributed by atoms with van der Waals surface area (Å²) in [4.78, 5) is 8.50. The standard InChI is InChI=1S/C14H12F3N5O2S/c15-14(16,17)25(23,24)21-5-6-22-10(7-21)20-11-12(22)8-3-1-2-4-9(8)19-13(11)18/h1-4H,5-7H2,(H2,18,19). The van der Waals surface area contributed by atoms with Crippen molar-refractivity contribution in [3.8, 4) is 0 Å². The Labute approximate surface area is 139 Å². The number of hydrogen-bond donors (Lipinski definition) is 1. The molecule has 25 heavy (non-hydrogen) atoms. The van der Waals surface area contributed by atoms with Crippen LogP contribution in [0.25, 0.3) is 21.9 Å². The van der Waals surface area contributed by atoms with E-state index in [1.54, 1.807) is 16.7 Å².